The van der Waals surface area contributed by atoms with Crippen LogP contribution < -0.4 is 0 Å². The molecule has 2 aromatic heterocycles. The maximum Gasteiger partial charge on any atom is 0.188 e. The summed E-state index contributed by atoms with van der Waals surface area (Å²) in [7, 11) is 2.12. The van der Waals surface area contributed by atoms with Gasteiger partial charge in [0.15, 0.2) is 5.78 Å². The lowest BCUT2D eigenvalue weighted by molar-refractivity contribution is -0.114. The van der Waals surface area contributed by atoms with Crippen molar-refractivity contribution in [3.63, 3.8) is 0 Å². The van der Waals surface area contributed by atoms with Crippen LogP contribution in [0.15, 0.2) is 47.8 Å². The summed E-state index contributed by atoms with van der Waals surface area (Å²) in [6.45, 7) is 0. The first-order valence-corrected chi connectivity index (χ1v) is 7.70. The number of ketones is 1. The van der Waals surface area contributed by atoms with Gasteiger partial charge in [0.2, 0.25) is 0 Å². The molecule has 2 aliphatic rings. The van der Waals surface area contributed by atoms with Gasteiger partial charge in [0, 0.05) is 47.0 Å². The van der Waals surface area contributed by atoms with E-state index in [1.54, 1.807) is 0 Å². The van der Waals surface area contributed by atoms with Crippen molar-refractivity contribution in [1.29, 1.82) is 0 Å². The molecule has 0 aromatic carbocycles. The Kier molecular flexibility index (Phi) is 3.12. The third-order valence-electron chi connectivity index (χ3n) is 4.81. The van der Waals surface area contributed by atoms with Gasteiger partial charge in [-0.2, -0.15) is 0 Å². The highest BCUT2D eigenvalue weighted by atomic mass is 16.1. The number of carbonyl (C=O) groups excluding carboxylic acids is 1. The van der Waals surface area contributed by atoms with Crippen LogP contribution in [-0.2, 0) is 4.79 Å². The number of aromatic amines is 2. The van der Waals surface area contributed by atoms with E-state index in [4.69, 9.17) is 0 Å². The van der Waals surface area contributed by atoms with Crippen molar-refractivity contribution in [3.05, 3.63) is 59.2 Å². The second kappa shape index (κ2) is 5.14. The summed E-state index contributed by atoms with van der Waals surface area (Å²) < 4.78 is 0. The highest BCUT2D eigenvalue weighted by Gasteiger charge is 2.44. The van der Waals surface area contributed by atoms with Crippen LogP contribution in [0.3, 0.4) is 0 Å². The first-order valence-electron chi connectivity index (χ1n) is 7.70. The van der Waals surface area contributed by atoms with E-state index in [-0.39, 0.29) is 17.9 Å². The van der Waals surface area contributed by atoms with E-state index in [1.807, 2.05) is 48.8 Å². The Hall–Kier alpha value is -2.33. The molecule has 4 heteroatoms. The molecule has 0 amide bonds. The number of nitrogens with one attached hydrogen (secondary N) is 2. The van der Waals surface area contributed by atoms with Gasteiger partial charge in [-0.1, -0.05) is 0 Å². The molecule has 2 N–H and O–H groups in total. The van der Waals surface area contributed by atoms with Crippen molar-refractivity contribution in [3.8, 4) is 0 Å². The predicted molar refractivity (Wildman–Crippen MR) is 87.1 cm³/mol. The summed E-state index contributed by atoms with van der Waals surface area (Å²) in [4.78, 5) is 21.7. The molecular formula is C18H19N3O. The molecular weight excluding hydrogens is 274 g/mol. The summed E-state index contributed by atoms with van der Waals surface area (Å²) in [5.41, 5.74) is 3.77. The van der Waals surface area contributed by atoms with Gasteiger partial charge in [-0.15, -0.1) is 0 Å². The molecule has 22 heavy (non-hydrogen) atoms. The fourth-order valence-corrected chi connectivity index (χ4v) is 3.69. The molecule has 2 fully saturated rings. The summed E-state index contributed by atoms with van der Waals surface area (Å²) in [5, 5.41) is 0. The second-order valence-corrected chi connectivity index (χ2v) is 6.05. The van der Waals surface area contributed by atoms with Gasteiger partial charge in [-0.25, -0.2) is 0 Å². The van der Waals surface area contributed by atoms with E-state index < -0.39 is 0 Å². The number of likely N-dealkylation sites (N-methyl/N-ethyl adjacent to an activating group) is 1. The molecule has 2 aliphatic heterocycles. The third-order valence-corrected chi connectivity index (χ3v) is 4.81. The Morgan fingerprint density at radius 2 is 1.50 bits per heavy atom. The summed E-state index contributed by atoms with van der Waals surface area (Å²) in [6.07, 6.45) is 9.87. The third kappa shape index (κ3) is 2.07. The summed E-state index contributed by atoms with van der Waals surface area (Å²) >= 11 is 0. The van der Waals surface area contributed by atoms with Crippen molar-refractivity contribution in [2.24, 2.45) is 0 Å². The van der Waals surface area contributed by atoms with Crippen molar-refractivity contribution in [2.75, 3.05) is 7.05 Å². The highest BCUT2D eigenvalue weighted by molar-refractivity contribution is 6.16. The second-order valence-electron chi connectivity index (χ2n) is 6.05. The number of carbonyl (C=O) groups is 1. The largest absolute Gasteiger partial charge is 0.362 e. The number of fused-ring (bicyclic) bond motifs is 2. The Balaban J connectivity index is 1.79. The molecule has 2 atom stereocenters. The normalized spacial score (nSPS) is 28.9. The molecule has 2 unspecified atom stereocenters. The minimum atomic E-state index is 0.190. The van der Waals surface area contributed by atoms with Gasteiger partial charge >= 0.3 is 0 Å². The molecule has 0 radical (unpaired) electrons. The van der Waals surface area contributed by atoms with E-state index in [0.717, 1.165) is 35.4 Å². The molecule has 0 spiro atoms. The van der Waals surface area contributed by atoms with Crippen LogP contribution in [0.2, 0.25) is 0 Å². The van der Waals surface area contributed by atoms with E-state index >= 15 is 0 Å². The van der Waals surface area contributed by atoms with Gasteiger partial charge in [0.05, 0.1) is 0 Å². The number of nitrogens with zero attached hydrogens (tertiary/aromatic N) is 1. The molecule has 2 aromatic rings. The van der Waals surface area contributed by atoms with Gasteiger partial charge in [-0.3, -0.25) is 9.69 Å². The molecule has 2 saturated heterocycles. The fraction of sp³-hybridized carbons (Fsp3) is 0.278. The number of hydrogen-bond donors (Lipinski definition) is 2. The standard InChI is InChI=1S/C18H19N3O/c1-21-16-6-7-17(21)15(11-13-5-3-9-20-13)18(22)14(16)10-12-4-2-8-19-12/h2-5,8-11,16-17,19-20H,6-7H2,1H3. The van der Waals surface area contributed by atoms with Crippen molar-refractivity contribution in [2.45, 2.75) is 24.9 Å². The zero-order chi connectivity index (χ0) is 15.1. The Labute approximate surface area is 129 Å². The average molecular weight is 293 g/mol. The fourth-order valence-electron chi connectivity index (χ4n) is 3.69. The van der Waals surface area contributed by atoms with Crippen molar-refractivity contribution < 1.29 is 4.79 Å². The summed E-state index contributed by atoms with van der Waals surface area (Å²) in [5.74, 6) is 0.190. The Morgan fingerprint density at radius 3 is 1.91 bits per heavy atom. The smallest absolute Gasteiger partial charge is 0.188 e. The lowest BCUT2D eigenvalue weighted by atomic mass is 9.89. The lowest BCUT2D eigenvalue weighted by Crippen LogP contribution is -2.43. The minimum Gasteiger partial charge on any atom is -0.362 e. The van der Waals surface area contributed by atoms with Crippen LogP contribution in [0, 0.1) is 0 Å². The monoisotopic (exact) mass is 293 g/mol. The maximum absolute atomic E-state index is 13.0. The van der Waals surface area contributed by atoms with Crippen LogP contribution in [0.5, 0.6) is 0 Å². The first kappa shape index (κ1) is 13.3. The Morgan fingerprint density at radius 1 is 1.00 bits per heavy atom. The van der Waals surface area contributed by atoms with Crippen LogP contribution in [0.4, 0.5) is 0 Å². The molecule has 0 aliphatic carbocycles. The highest BCUT2D eigenvalue weighted by Crippen LogP contribution is 2.40. The van der Waals surface area contributed by atoms with E-state index in [1.165, 1.54) is 0 Å². The molecule has 0 saturated carbocycles. The van der Waals surface area contributed by atoms with Gasteiger partial charge in [0.1, 0.15) is 0 Å². The number of Topliss-reactive ketones (excluding diaryl/α,β-unsaturated/α-hetero) is 1. The van der Waals surface area contributed by atoms with Crippen LogP contribution in [0.1, 0.15) is 24.2 Å². The zero-order valence-electron chi connectivity index (χ0n) is 12.5. The number of piperidine rings is 1. The average Bonchev–Trinajstić information content (AvgIpc) is 3.22. The van der Waals surface area contributed by atoms with Crippen LogP contribution in [-0.4, -0.2) is 39.8 Å². The van der Waals surface area contributed by atoms with Crippen LogP contribution >= 0.6 is 0 Å². The Bertz CT molecular complexity index is 675. The lowest BCUT2D eigenvalue weighted by Gasteiger charge is -2.34. The molecule has 4 rings (SSSR count). The topological polar surface area (TPSA) is 51.9 Å². The molecule has 112 valence electrons. The van der Waals surface area contributed by atoms with E-state index in [9.17, 15) is 4.79 Å². The maximum atomic E-state index is 13.0. The summed E-state index contributed by atoms with van der Waals surface area (Å²) in [6, 6.07) is 8.38. The number of hydrogen-bond acceptors (Lipinski definition) is 2. The molecule has 4 heterocycles. The van der Waals surface area contributed by atoms with Gasteiger partial charge in [-0.05, 0) is 56.3 Å². The van der Waals surface area contributed by atoms with E-state index in [0.29, 0.717) is 0 Å². The van der Waals surface area contributed by atoms with Crippen molar-refractivity contribution in [1.82, 2.24) is 14.9 Å². The van der Waals surface area contributed by atoms with Gasteiger partial charge in [0.25, 0.3) is 0 Å². The first-order chi connectivity index (χ1) is 10.7. The van der Waals surface area contributed by atoms with Crippen LogP contribution in [0.25, 0.3) is 12.2 Å². The number of H-pyrrole nitrogens is 2. The molecule has 4 nitrogen and oxygen atoms in total. The zero-order valence-corrected chi connectivity index (χ0v) is 12.5. The SMILES string of the molecule is CN1C2CCC1C(=Cc1ccc[nH]1)C(=O)C2=Cc1ccc[nH]1. The predicted octanol–water partition coefficient (Wildman–Crippen LogP) is 2.86. The van der Waals surface area contributed by atoms with E-state index in [2.05, 4.69) is 21.9 Å². The molecule has 2 bridgehead atoms. The van der Waals surface area contributed by atoms with Gasteiger partial charge < -0.3 is 9.97 Å². The number of rotatable bonds is 2. The van der Waals surface area contributed by atoms with Crippen molar-refractivity contribution >= 4 is 17.9 Å². The quantitative estimate of drug-likeness (QED) is 0.837. The minimum absolute atomic E-state index is 0.190. The number of aromatic nitrogens is 2.